The molecule has 1 aliphatic heterocycles. The number of ether oxygens (including phenoxy) is 2. The molecule has 0 N–H and O–H groups in total. The molecule has 0 saturated carbocycles. The van der Waals surface area contributed by atoms with Crippen molar-refractivity contribution in [3.63, 3.8) is 0 Å². The molecule has 2 rings (SSSR count). The van der Waals surface area contributed by atoms with Crippen molar-refractivity contribution in [3.05, 3.63) is 22.5 Å². The van der Waals surface area contributed by atoms with E-state index in [1.807, 2.05) is 27.7 Å². The van der Waals surface area contributed by atoms with Crippen LogP contribution in [0, 0.1) is 12.7 Å². The van der Waals surface area contributed by atoms with Gasteiger partial charge in [0.25, 0.3) is 0 Å². The smallest absolute Gasteiger partial charge is 0.231 e. The maximum Gasteiger partial charge on any atom is 0.231 e. The molecule has 16 heavy (non-hydrogen) atoms. The van der Waals surface area contributed by atoms with Crippen molar-refractivity contribution in [2.24, 2.45) is 0 Å². The average molecular weight is 249 g/mol. The second-order valence-corrected chi connectivity index (χ2v) is 2.94. The molecule has 0 saturated heterocycles. The Kier molecular flexibility index (Phi) is 6.90. The third-order valence-corrected chi connectivity index (χ3v) is 2.18. The van der Waals surface area contributed by atoms with Crippen LogP contribution in [0.15, 0.2) is 6.07 Å². The largest absolute Gasteiger partial charge is 0.453 e. The highest BCUT2D eigenvalue weighted by Gasteiger charge is 2.21. The Morgan fingerprint density at radius 1 is 1.19 bits per heavy atom. The molecule has 92 valence electrons. The Morgan fingerprint density at radius 3 is 2.31 bits per heavy atom. The first-order valence-corrected chi connectivity index (χ1v) is 5.82. The van der Waals surface area contributed by atoms with E-state index in [1.165, 1.54) is 0 Å². The van der Waals surface area contributed by atoms with Gasteiger partial charge in [-0.2, -0.15) is 0 Å². The van der Waals surface area contributed by atoms with Crippen LogP contribution >= 0.6 is 11.6 Å². The van der Waals surface area contributed by atoms with Crippen LogP contribution in [0.2, 0.25) is 5.02 Å². The minimum absolute atomic E-state index is 0.0615. The normalized spacial score (nSPS) is 10.9. The minimum atomic E-state index is -0.435. The Labute approximate surface area is 101 Å². The maximum absolute atomic E-state index is 13.3. The molecular weight excluding hydrogens is 231 g/mol. The zero-order valence-corrected chi connectivity index (χ0v) is 11.1. The van der Waals surface area contributed by atoms with Gasteiger partial charge in [0.05, 0.1) is 5.02 Å². The average Bonchev–Trinajstić information content (AvgIpc) is 2.79. The van der Waals surface area contributed by atoms with E-state index < -0.39 is 5.82 Å². The number of rotatable bonds is 0. The molecule has 0 unspecified atom stereocenters. The maximum atomic E-state index is 13.3. The van der Waals surface area contributed by atoms with E-state index in [-0.39, 0.29) is 12.5 Å². The highest BCUT2D eigenvalue weighted by Crippen LogP contribution is 2.39. The van der Waals surface area contributed by atoms with Crippen molar-refractivity contribution in [1.82, 2.24) is 0 Å². The van der Waals surface area contributed by atoms with Gasteiger partial charge in [0.15, 0.2) is 11.6 Å². The van der Waals surface area contributed by atoms with Crippen molar-refractivity contribution in [2.75, 3.05) is 6.79 Å². The van der Waals surface area contributed by atoms with Gasteiger partial charge in [0.1, 0.15) is 0 Å². The number of hydrogen-bond acceptors (Lipinski definition) is 2. The first-order chi connectivity index (χ1) is 7.70. The third-order valence-electron chi connectivity index (χ3n) is 1.79. The van der Waals surface area contributed by atoms with E-state index in [1.54, 1.807) is 13.0 Å². The van der Waals surface area contributed by atoms with Crippen LogP contribution in [0.3, 0.4) is 0 Å². The summed E-state index contributed by atoms with van der Waals surface area (Å²) in [6, 6.07) is 1.56. The molecule has 4 heteroatoms. The Balaban J connectivity index is 0.000000509. The fourth-order valence-electron chi connectivity index (χ4n) is 1.07. The second-order valence-electron chi connectivity index (χ2n) is 2.53. The topological polar surface area (TPSA) is 18.5 Å². The molecule has 0 fully saturated rings. The second kappa shape index (κ2) is 7.34. The van der Waals surface area contributed by atoms with Crippen LogP contribution in [0.4, 0.5) is 4.39 Å². The molecule has 0 atom stereocenters. The summed E-state index contributed by atoms with van der Waals surface area (Å²) < 4.78 is 23.2. The molecule has 0 bridgehead atoms. The lowest BCUT2D eigenvalue weighted by Crippen LogP contribution is -1.94. The molecule has 0 amide bonds. The summed E-state index contributed by atoms with van der Waals surface area (Å²) in [6.45, 7) is 9.66. The molecule has 1 aromatic rings. The third kappa shape index (κ3) is 3.01. The van der Waals surface area contributed by atoms with Crippen LogP contribution in [0.5, 0.6) is 11.5 Å². The van der Waals surface area contributed by atoms with Crippen LogP contribution in [-0.2, 0) is 0 Å². The van der Waals surface area contributed by atoms with Crippen molar-refractivity contribution in [1.29, 1.82) is 0 Å². The summed E-state index contributed by atoms with van der Waals surface area (Å²) in [6.07, 6.45) is 0. The summed E-state index contributed by atoms with van der Waals surface area (Å²) in [5.74, 6) is 0.106. The van der Waals surface area contributed by atoms with Crippen LogP contribution in [0.25, 0.3) is 0 Å². The summed E-state index contributed by atoms with van der Waals surface area (Å²) in [7, 11) is 0. The zero-order valence-electron chi connectivity index (χ0n) is 10.4. The van der Waals surface area contributed by atoms with Gasteiger partial charge in [-0.15, -0.1) is 0 Å². The molecule has 1 aliphatic rings. The van der Waals surface area contributed by atoms with Gasteiger partial charge in [-0.3, -0.25) is 0 Å². The number of halogens is 2. The van der Waals surface area contributed by atoms with Crippen LogP contribution < -0.4 is 9.47 Å². The lowest BCUT2D eigenvalue weighted by molar-refractivity contribution is 0.171. The van der Waals surface area contributed by atoms with E-state index in [9.17, 15) is 4.39 Å². The van der Waals surface area contributed by atoms with E-state index in [0.717, 1.165) is 0 Å². The van der Waals surface area contributed by atoms with Gasteiger partial charge in [-0.1, -0.05) is 39.3 Å². The van der Waals surface area contributed by atoms with Crippen molar-refractivity contribution in [2.45, 2.75) is 34.6 Å². The van der Waals surface area contributed by atoms with E-state index in [0.29, 0.717) is 16.3 Å². The predicted molar refractivity (Wildman–Crippen MR) is 65.0 cm³/mol. The summed E-state index contributed by atoms with van der Waals surface area (Å²) >= 11 is 5.72. The minimum Gasteiger partial charge on any atom is -0.453 e. The molecule has 0 radical (unpaired) electrons. The molecule has 1 heterocycles. The highest BCUT2D eigenvalue weighted by molar-refractivity contribution is 6.31. The summed E-state index contributed by atoms with van der Waals surface area (Å²) in [5.41, 5.74) is 0.390. The Hall–Kier alpha value is -0.960. The van der Waals surface area contributed by atoms with Gasteiger partial charge < -0.3 is 9.47 Å². The van der Waals surface area contributed by atoms with Crippen LogP contribution in [0.1, 0.15) is 33.3 Å². The van der Waals surface area contributed by atoms with Crippen molar-refractivity contribution in [3.8, 4) is 11.5 Å². The molecule has 2 nitrogen and oxygen atoms in total. The van der Waals surface area contributed by atoms with Gasteiger partial charge in [0, 0.05) is 11.6 Å². The monoisotopic (exact) mass is 248 g/mol. The number of fused-ring (bicyclic) bond motifs is 1. The predicted octanol–water partition coefficient (Wildman–Crippen LogP) is 4.57. The lowest BCUT2D eigenvalue weighted by Gasteiger charge is -2.02. The first kappa shape index (κ1) is 15.0. The van der Waals surface area contributed by atoms with E-state index >= 15 is 0 Å². The first-order valence-electron chi connectivity index (χ1n) is 5.44. The van der Waals surface area contributed by atoms with Crippen molar-refractivity contribution >= 4 is 11.6 Å². The van der Waals surface area contributed by atoms with Gasteiger partial charge in [0.2, 0.25) is 12.5 Å². The summed E-state index contributed by atoms with van der Waals surface area (Å²) in [5, 5.41) is 0.358. The fourth-order valence-corrected chi connectivity index (χ4v) is 1.25. The van der Waals surface area contributed by atoms with Gasteiger partial charge >= 0.3 is 0 Å². The zero-order chi connectivity index (χ0) is 12.7. The highest BCUT2D eigenvalue weighted by atomic mass is 35.5. The Bertz CT molecular complexity index is 340. The van der Waals surface area contributed by atoms with E-state index in [2.05, 4.69) is 0 Å². The fraction of sp³-hybridized carbons (Fsp3) is 0.500. The molecule has 1 aromatic carbocycles. The Morgan fingerprint density at radius 2 is 1.75 bits per heavy atom. The van der Waals surface area contributed by atoms with Gasteiger partial charge in [-0.25, -0.2) is 4.39 Å². The standard InChI is InChI=1S/C8H6ClFO2.2C2H6/c1-4-5(9)2-6-8(7(4)10)12-3-11-6;2*1-2/h2H,3H2,1H3;2*1-2H3. The molecule has 0 aliphatic carbocycles. The van der Waals surface area contributed by atoms with E-state index in [4.69, 9.17) is 21.1 Å². The number of hydrogen-bond donors (Lipinski definition) is 0. The number of benzene rings is 1. The molecular formula is C12H18ClFO2. The lowest BCUT2D eigenvalue weighted by atomic mass is 10.2. The molecule has 0 aromatic heterocycles. The SMILES string of the molecule is CC.CC.Cc1c(Cl)cc2c(c1F)OCO2. The van der Waals surface area contributed by atoms with Crippen LogP contribution in [-0.4, -0.2) is 6.79 Å². The quantitative estimate of drug-likeness (QED) is 0.670. The van der Waals surface area contributed by atoms with Crippen molar-refractivity contribution < 1.29 is 13.9 Å². The summed E-state index contributed by atoms with van der Waals surface area (Å²) in [4.78, 5) is 0. The van der Waals surface area contributed by atoms with Gasteiger partial charge in [-0.05, 0) is 6.92 Å². The molecule has 0 spiro atoms.